The Hall–Kier alpha value is -1.88. The Morgan fingerprint density at radius 3 is 2.38 bits per heavy atom. The van der Waals surface area contributed by atoms with E-state index >= 15 is 0 Å². The van der Waals surface area contributed by atoms with Crippen molar-refractivity contribution in [2.75, 3.05) is 0 Å². The Morgan fingerprint density at radius 1 is 1.05 bits per heavy atom. The van der Waals surface area contributed by atoms with Gasteiger partial charge in [0.25, 0.3) is 0 Å². The number of halogens is 3. The molecule has 1 aromatic carbocycles. The molecule has 0 saturated heterocycles. The van der Waals surface area contributed by atoms with E-state index < -0.39 is 11.7 Å². The van der Waals surface area contributed by atoms with Crippen LogP contribution in [0.1, 0.15) is 24.0 Å². The monoisotopic (exact) mass is 292 g/mol. The van der Waals surface area contributed by atoms with Gasteiger partial charge >= 0.3 is 6.18 Å². The number of alkyl halides is 3. The molecule has 5 heteroatoms. The average molecular weight is 292 g/mol. The summed E-state index contributed by atoms with van der Waals surface area (Å²) in [7, 11) is 0. The Labute approximate surface area is 121 Å². The number of hydrogen-bond donors (Lipinski definition) is 1. The molecule has 2 aromatic rings. The zero-order chi connectivity index (χ0) is 14.9. The lowest BCUT2D eigenvalue weighted by atomic mass is 10.0. The van der Waals surface area contributed by atoms with Gasteiger partial charge in [0.05, 0.1) is 5.56 Å². The number of pyridine rings is 1. The molecule has 3 rings (SSSR count). The van der Waals surface area contributed by atoms with Crippen LogP contribution in [-0.2, 0) is 12.7 Å². The van der Waals surface area contributed by atoms with Crippen molar-refractivity contribution in [2.24, 2.45) is 0 Å². The molecular formula is C16H15F3N2. The van der Waals surface area contributed by atoms with E-state index in [2.05, 4.69) is 10.3 Å². The minimum absolute atomic E-state index is 0.611. The lowest BCUT2D eigenvalue weighted by Gasteiger charge is -2.09. The van der Waals surface area contributed by atoms with Crippen molar-refractivity contribution in [1.29, 1.82) is 0 Å². The van der Waals surface area contributed by atoms with Crippen molar-refractivity contribution in [2.45, 2.75) is 31.6 Å². The summed E-state index contributed by atoms with van der Waals surface area (Å²) in [5.74, 6) is 0. The van der Waals surface area contributed by atoms with Gasteiger partial charge in [-0.25, -0.2) is 0 Å². The summed E-state index contributed by atoms with van der Waals surface area (Å²) < 4.78 is 37.6. The average Bonchev–Trinajstić information content (AvgIpc) is 3.29. The fourth-order valence-electron chi connectivity index (χ4n) is 2.14. The second-order valence-electron chi connectivity index (χ2n) is 5.31. The smallest absolute Gasteiger partial charge is 0.310 e. The molecule has 1 fully saturated rings. The van der Waals surface area contributed by atoms with Crippen LogP contribution < -0.4 is 5.32 Å². The van der Waals surface area contributed by atoms with Crippen LogP contribution in [-0.4, -0.2) is 11.0 Å². The van der Waals surface area contributed by atoms with Crippen LogP contribution in [0.25, 0.3) is 11.1 Å². The number of nitrogens with zero attached hydrogens (tertiary/aromatic N) is 1. The van der Waals surface area contributed by atoms with Gasteiger partial charge in [-0.15, -0.1) is 0 Å². The van der Waals surface area contributed by atoms with Crippen LogP contribution in [0.4, 0.5) is 13.2 Å². The van der Waals surface area contributed by atoms with E-state index in [-0.39, 0.29) is 0 Å². The van der Waals surface area contributed by atoms with E-state index in [9.17, 15) is 13.2 Å². The number of aromatic nitrogens is 1. The predicted molar refractivity (Wildman–Crippen MR) is 74.5 cm³/mol. The van der Waals surface area contributed by atoms with Gasteiger partial charge in [0.2, 0.25) is 0 Å². The second kappa shape index (κ2) is 5.48. The van der Waals surface area contributed by atoms with E-state index in [0.29, 0.717) is 6.04 Å². The fourth-order valence-corrected chi connectivity index (χ4v) is 2.14. The summed E-state index contributed by atoms with van der Waals surface area (Å²) in [5, 5.41) is 3.39. The summed E-state index contributed by atoms with van der Waals surface area (Å²) in [6.07, 6.45) is 1.58. The summed E-state index contributed by atoms with van der Waals surface area (Å²) in [4.78, 5) is 4.17. The third-order valence-corrected chi connectivity index (χ3v) is 3.51. The van der Waals surface area contributed by atoms with Crippen molar-refractivity contribution < 1.29 is 13.2 Å². The van der Waals surface area contributed by atoms with Gasteiger partial charge in [-0.3, -0.25) is 4.98 Å². The number of rotatable bonds is 4. The van der Waals surface area contributed by atoms with Gasteiger partial charge in [-0.1, -0.05) is 12.1 Å². The highest BCUT2D eigenvalue weighted by molar-refractivity contribution is 5.63. The molecule has 0 spiro atoms. The maximum absolute atomic E-state index is 12.5. The predicted octanol–water partition coefficient (Wildman–Crippen LogP) is 4.02. The first-order valence-corrected chi connectivity index (χ1v) is 6.87. The normalized spacial score (nSPS) is 15.2. The van der Waals surface area contributed by atoms with Crippen LogP contribution >= 0.6 is 0 Å². The molecule has 1 saturated carbocycles. The Bertz CT molecular complexity index is 616. The minimum Gasteiger partial charge on any atom is -0.310 e. The standard InChI is InChI=1S/C16H15F3N2/c17-16(18,19)14-3-1-12(2-4-14)13-7-11(8-20-10-13)9-21-15-5-6-15/h1-4,7-8,10,15,21H,5-6,9H2. The van der Waals surface area contributed by atoms with Crippen LogP contribution in [0.3, 0.4) is 0 Å². The molecule has 1 heterocycles. The Balaban J connectivity index is 1.77. The van der Waals surface area contributed by atoms with Crippen LogP contribution in [0.5, 0.6) is 0 Å². The number of nitrogens with one attached hydrogen (secondary N) is 1. The molecule has 110 valence electrons. The molecule has 0 atom stereocenters. The second-order valence-corrected chi connectivity index (χ2v) is 5.31. The highest BCUT2D eigenvalue weighted by Gasteiger charge is 2.29. The third kappa shape index (κ3) is 3.61. The van der Waals surface area contributed by atoms with Crippen LogP contribution in [0, 0.1) is 0 Å². The Morgan fingerprint density at radius 2 is 1.76 bits per heavy atom. The number of hydrogen-bond acceptors (Lipinski definition) is 2. The summed E-state index contributed by atoms with van der Waals surface area (Å²) in [5.41, 5.74) is 1.98. The molecule has 0 aliphatic heterocycles. The van der Waals surface area contributed by atoms with Crippen molar-refractivity contribution in [3.63, 3.8) is 0 Å². The van der Waals surface area contributed by atoms with Gasteiger partial charge in [0.15, 0.2) is 0 Å². The molecule has 0 amide bonds. The number of benzene rings is 1. The maximum Gasteiger partial charge on any atom is 0.416 e. The maximum atomic E-state index is 12.5. The summed E-state index contributed by atoms with van der Waals surface area (Å²) in [6, 6.07) is 7.75. The van der Waals surface area contributed by atoms with Crippen LogP contribution in [0.15, 0.2) is 42.7 Å². The zero-order valence-electron chi connectivity index (χ0n) is 11.3. The SMILES string of the molecule is FC(F)(F)c1ccc(-c2cncc(CNC3CC3)c2)cc1. The highest BCUT2D eigenvalue weighted by Crippen LogP contribution is 2.31. The Kier molecular flexibility index (Phi) is 3.68. The van der Waals surface area contributed by atoms with Crippen molar-refractivity contribution in [3.05, 3.63) is 53.9 Å². The molecule has 21 heavy (non-hydrogen) atoms. The first-order chi connectivity index (χ1) is 10.0. The molecule has 0 radical (unpaired) electrons. The van der Waals surface area contributed by atoms with Gasteiger partial charge in [-0.05, 0) is 42.2 Å². The minimum atomic E-state index is -4.30. The van der Waals surface area contributed by atoms with Gasteiger partial charge < -0.3 is 5.32 Å². The molecule has 1 N–H and O–H groups in total. The molecule has 1 aliphatic carbocycles. The molecule has 0 bridgehead atoms. The van der Waals surface area contributed by atoms with E-state index in [1.165, 1.54) is 25.0 Å². The van der Waals surface area contributed by atoms with Gasteiger partial charge in [0, 0.05) is 30.5 Å². The zero-order valence-corrected chi connectivity index (χ0v) is 11.3. The molecule has 1 aliphatic rings. The first-order valence-electron chi connectivity index (χ1n) is 6.87. The summed E-state index contributed by atoms with van der Waals surface area (Å²) in [6.45, 7) is 0.742. The van der Waals surface area contributed by atoms with Crippen molar-refractivity contribution >= 4 is 0 Å². The van der Waals surface area contributed by atoms with E-state index in [4.69, 9.17) is 0 Å². The fraction of sp³-hybridized carbons (Fsp3) is 0.312. The van der Waals surface area contributed by atoms with Crippen LogP contribution in [0.2, 0.25) is 0 Å². The molecule has 1 aromatic heterocycles. The van der Waals surface area contributed by atoms with E-state index in [1.54, 1.807) is 12.4 Å². The van der Waals surface area contributed by atoms with Gasteiger partial charge in [0.1, 0.15) is 0 Å². The first kappa shape index (κ1) is 14.1. The third-order valence-electron chi connectivity index (χ3n) is 3.51. The van der Waals surface area contributed by atoms with E-state index in [1.807, 2.05) is 6.07 Å². The van der Waals surface area contributed by atoms with E-state index in [0.717, 1.165) is 35.4 Å². The lowest BCUT2D eigenvalue weighted by Crippen LogP contribution is -2.15. The highest BCUT2D eigenvalue weighted by atomic mass is 19.4. The quantitative estimate of drug-likeness (QED) is 0.920. The van der Waals surface area contributed by atoms with Crippen molar-refractivity contribution in [1.82, 2.24) is 10.3 Å². The topological polar surface area (TPSA) is 24.9 Å². The van der Waals surface area contributed by atoms with Gasteiger partial charge in [-0.2, -0.15) is 13.2 Å². The lowest BCUT2D eigenvalue weighted by molar-refractivity contribution is -0.137. The summed E-state index contributed by atoms with van der Waals surface area (Å²) >= 11 is 0. The molecule has 0 unspecified atom stereocenters. The van der Waals surface area contributed by atoms with Crippen molar-refractivity contribution in [3.8, 4) is 11.1 Å². The largest absolute Gasteiger partial charge is 0.416 e. The molecule has 2 nitrogen and oxygen atoms in total. The molecular weight excluding hydrogens is 277 g/mol.